The van der Waals surface area contributed by atoms with Crippen LogP contribution in [-0.2, 0) is 13.2 Å². The third-order valence-corrected chi connectivity index (χ3v) is 3.81. The van der Waals surface area contributed by atoms with Gasteiger partial charge in [-0.15, -0.1) is 0 Å². The van der Waals surface area contributed by atoms with Crippen molar-refractivity contribution >= 4 is 0 Å². The Balaban J connectivity index is 1.59. The van der Waals surface area contributed by atoms with Gasteiger partial charge in [-0.2, -0.15) is 5.10 Å². The minimum Gasteiger partial charge on any atom is -0.494 e. The lowest BCUT2D eigenvalue weighted by Gasteiger charge is -2.17. The van der Waals surface area contributed by atoms with Crippen molar-refractivity contribution in [3.63, 3.8) is 0 Å². The highest BCUT2D eigenvalue weighted by molar-refractivity contribution is 5.61. The van der Waals surface area contributed by atoms with E-state index in [-0.39, 0.29) is 0 Å². The molecule has 0 spiro atoms. The van der Waals surface area contributed by atoms with Crippen molar-refractivity contribution in [3.8, 4) is 16.9 Å². The van der Waals surface area contributed by atoms with E-state index in [1.54, 1.807) is 0 Å². The maximum absolute atomic E-state index is 5.48. The van der Waals surface area contributed by atoms with Crippen LogP contribution < -0.4 is 4.74 Å². The molecule has 0 aliphatic rings. The van der Waals surface area contributed by atoms with E-state index in [2.05, 4.69) is 47.5 Å². The predicted octanol–water partition coefficient (Wildman–Crippen LogP) is 4.04. The van der Waals surface area contributed by atoms with Crippen LogP contribution in [0.15, 0.2) is 67.0 Å². The molecule has 0 saturated carbocycles. The molecule has 0 saturated heterocycles. The molecule has 0 aliphatic carbocycles. The number of hydrogen-bond acceptors (Lipinski definition) is 3. The Labute approximate surface area is 143 Å². The first-order chi connectivity index (χ1) is 11.7. The quantitative estimate of drug-likeness (QED) is 0.658. The molecule has 3 rings (SSSR count). The first kappa shape index (κ1) is 16.3. The molecule has 1 heterocycles. The van der Waals surface area contributed by atoms with E-state index in [4.69, 9.17) is 4.74 Å². The van der Waals surface area contributed by atoms with Crippen LogP contribution >= 0.6 is 0 Å². The Morgan fingerprint density at radius 1 is 1.00 bits per heavy atom. The predicted molar refractivity (Wildman–Crippen MR) is 96.7 cm³/mol. The van der Waals surface area contributed by atoms with Gasteiger partial charge in [-0.3, -0.25) is 9.58 Å². The standard InChI is InChI=1S/C20H23N3O/c1-3-24-20-11-9-17(10-12-20)14-22(2)16-23-15-19(13-21-23)18-7-5-4-6-8-18/h4-13,15H,3,14,16H2,1-2H3. The highest BCUT2D eigenvalue weighted by Crippen LogP contribution is 2.18. The molecular weight excluding hydrogens is 298 g/mol. The zero-order valence-electron chi connectivity index (χ0n) is 14.2. The molecule has 4 nitrogen and oxygen atoms in total. The van der Waals surface area contributed by atoms with Crippen molar-refractivity contribution < 1.29 is 4.74 Å². The van der Waals surface area contributed by atoms with Crippen LogP contribution in [0.5, 0.6) is 5.75 Å². The fraction of sp³-hybridized carbons (Fsp3) is 0.250. The molecule has 24 heavy (non-hydrogen) atoms. The summed E-state index contributed by atoms with van der Waals surface area (Å²) in [5.41, 5.74) is 3.60. The van der Waals surface area contributed by atoms with Crippen LogP contribution in [0.4, 0.5) is 0 Å². The molecule has 0 unspecified atom stereocenters. The van der Waals surface area contributed by atoms with E-state index >= 15 is 0 Å². The third-order valence-electron chi connectivity index (χ3n) is 3.81. The van der Waals surface area contributed by atoms with Crippen LogP contribution in [0.1, 0.15) is 12.5 Å². The zero-order valence-corrected chi connectivity index (χ0v) is 14.2. The van der Waals surface area contributed by atoms with Gasteiger partial charge in [0.1, 0.15) is 5.75 Å². The summed E-state index contributed by atoms with van der Waals surface area (Å²) in [6, 6.07) is 18.6. The van der Waals surface area contributed by atoms with Gasteiger partial charge in [0.15, 0.2) is 0 Å². The number of nitrogens with zero attached hydrogens (tertiary/aromatic N) is 3. The molecule has 0 N–H and O–H groups in total. The Hall–Kier alpha value is -2.59. The smallest absolute Gasteiger partial charge is 0.119 e. The van der Waals surface area contributed by atoms with Crippen molar-refractivity contribution in [2.75, 3.05) is 13.7 Å². The van der Waals surface area contributed by atoms with E-state index in [1.165, 1.54) is 11.1 Å². The molecule has 0 aliphatic heterocycles. The van der Waals surface area contributed by atoms with Gasteiger partial charge < -0.3 is 4.74 Å². The molecule has 0 amide bonds. The Morgan fingerprint density at radius 2 is 1.75 bits per heavy atom. The summed E-state index contributed by atoms with van der Waals surface area (Å²) in [4.78, 5) is 2.23. The summed E-state index contributed by atoms with van der Waals surface area (Å²) in [6.07, 6.45) is 4.00. The van der Waals surface area contributed by atoms with Crippen LogP contribution in [0.25, 0.3) is 11.1 Å². The highest BCUT2D eigenvalue weighted by atomic mass is 16.5. The normalized spacial score (nSPS) is 11.0. The van der Waals surface area contributed by atoms with Crippen molar-refractivity contribution in [2.24, 2.45) is 0 Å². The molecule has 0 radical (unpaired) electrons. The molecule has 0 bridgehead atoms. The van der Waals surface area contributed by atoms with Gasteiger partial charge in [-0.25, -0.2) is 0 Å². The van der Waals surface area contributed by atoms with Gasteiger partial charge in [0, 0.05) is 18.3 Å². The Kier molecular flexibility index (Phi) is 5.29. The topological polar surface area (TPSA) is 30.3 Å². The summed E-state index contributed by atoms with van der Waals surface area (Å²) >= 11 is 0. The number of rotatable bonds is 7. The molecule has 3 aromatic rings. The van der Waals surface area contributed by atoms with Gasteiger partial charge in [0.2, 0.25) is 0 Å². The number of aromatic nitrogens is 2. The monoisotopic (exact) mass is 321 g/mol. The molecule has 0 fully saturated rings. The molecule has 2 aromatic carbocycles. The van der Waals surface area contributed by atoms with E-state index < -0.39 is 0 Å². The Bertz CT molecular complexity index is 750. The lowest BCUT2D eigenvalue weighted by molar-refractivity contribution is 0.246. The number of benzene rings is 2. The summed E-state index contributed by atoms with van der Waals surface area (Å²) in [5, 5.41) is 4.47. The van der Waals surface area contributed by atoms with Crippen LogP contribution in [0.3, 0.4) is 0 Å². The van der Waals surface area contributed by atoms with Crippen molar-refractivity contribution in [1.29, 1.82) is 0 Å². The molecule has 1 aromatic heterocycles. The van der Waals surface area contributed by atoms with Crippen molar-refractivity contribution in [2.45, 2.75) is 20.1 Å². The second-order valence-electron chi connectivity index (χ2n) is 5.87. The second-order valence-corrected chi connectivity index (χ2v) is 5.87. The average Bonchev–Trinajstić information content (AvgIpc) is 3.06. The van der Waals surface area contributed by atoms with E-state index in [1.807, 2.05) is 48.1 Å². The number of ether oxygens (including phenoxy) is 1. The Morgan fingerprint density at radius 3 is 2.46 bits per heavy atom. The van der Waals surface area contributed by atoms with E-state index in [0.717, 1.165) is 24.5 Å². The highest BCUT2D eigenvalue weighted by Gasteiger charge is 2.05. The van der Waals surface area contributed by atoms with E-state index in [0.29, 0.717) is 6.61 Å². The van der Waals surface area contributed by atoms with Gasteiger partial charge in [0.05, 0.1) is 19.5 Å². The fourth-order valence-electron chi connectivity index (χ4n) is 2.69. The van der Waals surface area contributed by atoms with Crippen LogP contribution in [-0.4, -0.2) is 28.3 Å². The summed E-state index contributed by atoms with van der Waals surface area (Å²) < 4.78 is 7.45. The van der Waals surface area contributed by atoms with Gasteiger partial charge in [-0.1, -0.05) is 42.5 Å². The molecular formula is C20H23N3O. The summed E-state index contributed by atoms with van der Waals surface area (Å²) in [6.45, 7) is 4.31. The van der Waals surface area contributed by atoms with Crippen LogP contribution in [0, 0.1) is 0 Å². The van der Waals surface area contributed by atoms with Crippen molar-refractivity contribution in [3.05, 3.63) is 72.6 Å². The summed E-state index contributed by atoms with van der Waals surface area (Å²) in [7, 11) is 2.10. The lowest BCUT2D eigenvalue weighted by atomic mass is 10.1. The molecule has 0 atom stereocenters. The van der Waals surface area contributed by atoms with Crippen molar-refractivity contribution in [1.82, 2.24) is 14.7 Å². The minimum atomic E-state index is 0.697. The van der Waals surface area contributed by atoms with Gasteiger partial charge in [-0.05, 0) is 37.2 Å². The minimum absolute atomic E-state index is 0.697. The zero-order chi connectivity index (χ0) is 16.8. The number of hydrogen-bond donors (Lipinski definition) is 0. The second kappa shape index (κ2) is 7.79. The maximum Gasteiger partial charge on any atom is 0.119 e. The maximum atomic E-state index is 5.48. The summed E-state index contributed by atoms with van der Waals surface area (Å²) in [5.74, 6) is 0.920. The average molecular weight is 321 g/mol. The SMILES string of the molecule is CCOc1ccc(CN(C)Cn2cc(-c3ccccc3)cn2)cc1. The van der Waals surface area contributed by atoms with Gasteiger partial charge >= 0.3 is 0 Å². The third kappa shape index (κ3) is 4.24. The first-order valence-corrected chi connectivity index (χ1v) is 8.23. The van der Waals surface area contributed by atoms with Crippen LogP contribution in [0.2, 0.25) is 0 Å². The lowest BCUT2D eigenvalue weighted by Crippen LogP contribution is -2.21. The fourth-order valence-corrected chi connectivity index (χ4v) is 2.69. The van der Waals surface area contributed by atoms with Gasteiger partial charge in [0.25, 0.3) is 0 Å². The molecule has 4 heteroatoms. The largest absolute Gasteiger partial charge is 0.494 e. The first-order valence-electron chi connectivity index (χ1n) is 8.23. The molecule has 124 valence electrons. The van der Waals surface area contributed by atoms with E-state index in [9.17, 15) is 0 Å².